The predicted octanol–water partition coefficient (Wildman–Crippen LogP) is 0.598. The molecule has 108 valence electrons. The molecule has 2 aliphatic rings. The third-order valence-electron chi connectivity index (χ3n) is 4.12. The fraction of sp³-hybridized carbons (Fsp3) is 0.857. The van der Waals surface area contributed by atoms with E-state index < -0.39 is 0 Å². The van der Waals surface area contributed by atoms with Crippen LogP contribution in [-0.2, 0) is 9.59 Å². The van der Waals surface area contributed by atoms with Crippen LogP contribution in [0.25, 0.3) is 0 Å². The number of hydrogen-bond donors (Lipinski definition) is 1. The van der Waals surface area contributed by atoms with E-state index in [1.807, 2.05) is 6.92 Å². The third kappa shape index (κ3) is 3.34. The Hall–Kier alpha value is -0.940. The largest absolute Gasteiger partial charge is 0.303 e. The van der Waals surface area contributed by atoms with Crippen LogP contribution < -0.4 is 5.32 Å². The molecule has 0 aromatic heterocycles. The van der Waals surface area contributed by atoms with Crippen molar-refractivity contribution in [3.05, 3.63) is 0 Å². The van der Waals surface area contributed by atoms with Crippen molar-refractivity contribution in [2.45, 2.75) is 51.6 Å². The number of likely N-dealkylation sites (tertiary alicyclic amines) is 2. The quantitative estimate of drug-likeness (QED) is 0.741. The summed E-state index contributed by atoms with van der Waals surface area (Å²) >= 11 is 0. The van der Waals surface area contributed by atoms with Crippen LogP contribution in [0.4, 0.5) is 0 Å². The van der Waals surface area contributed by atoms with Crippen molar-refractivity contribution in [3.8, 4) is 0 Å². The van der Waals surface area contributed by atoms with Gasteiger partial charge in [0, 0.05) is 12.6 Å². The summed E-state index contributed by atoms with van der Waals surface area (Å²) in [5.74, 6) is -0.0723. The fourth-order valence-corrected chi connectivity index (χ4v) is 3.07. The molecule has 2 aliphatic heterocycles. The molecule has 2 amide bonds. The zero-order valence-corrected chi connectivity index (χ0v) is 12.0. The van der Waals surface area contributed by atoms with Gasteiger partial charge in [0.05, 0.1) is 12.5 Å². The van der Waals surface area contributed by atoms with Crippen molar-refractivity contribution in [3.63, 3.8) is 0 Å². The van der Waals surface area contributed by atoms with Gasteiger partial charge in [-0.25, -0.2) is 0 Å². The number of nitrogens with one attached hydrogen (secondary N) is 1. The number of piperidine rings is 1. The molecule has 19 heavy (non-hydrogen) atoms. The number of nitrogens with zero attached hydrogens (tertiary/aromatic N) is 2. The molecule has 0 aromatic carbocycles. The monoisotopic (exact) mass is 267 g/mol. The molecule has 1 unspecified atom stereocenters. The van der Waals surface area contributed by atoms with Gasteiger partial charge in [0.2, 0.25) is 11.8 Å². The molecular formula is C14H25N3O2. The van der Waals surface area contributed by atoms with Gasteiger partial charge >= 0.3 is 0 Å². The Kier molecular flexibility index (Phi) is 4.93. The smallest absolute Gasteiger partial charge is 0.246 e. The Labute approximate surface area is 115 Å². The Balaban J connectivity index is 1.80. The minimum atomic E-state index is -0.282. The van der Waals surface area contributed by atoms with E-state index in [2.05, 4.69) is 17.1 Å². The Morgan fingerprint density at radius 1 is 1.21 bits per heavy atom. The molecule has 0 aromatic rings. The molecule has 0 bridgehead atoms. The number of amides is 2. The van der Waals surface area contributed by atoms with Crippen molar-refractivity contribution in [1.29, 1.82) is 0 Å². The van der Waals surface area contributed by atoms with E-state index in [1.165, 1.54) is 11.3 Å². The number of hydrogen-bond acceptors (Lipinski definition) is 4. The van der Waals surface area contributed by atoms with Crippen LogP contribution in [0.3, 0.4) is 0 Å². The highest BCUT2D eigenvalue weighted by Crippen LogP contribution is 2.17. The second-order valence-corrected chi connectivity index (χ2v) is 5.52. The molecule has 2 saturated heterocycles. The summed E-state index contributed by atoms with van der Waals surface area (Å²) in [5.41, 5.74) is 0. The van der Waals surface area contributed by atoms with Crippen LogP contribution >= 0.6 is 0 Å². The van der Waals surface area contributed by atoms with Gasteiger partial charge in [0.1, 0.15) is 0 Å². The van der Waals surface area contributed by atoms with E-state index in [1.54, 1.807) is 0 Å². The number of rotatable bonds is 5. The van der Waals surface area contributed by atoms with E-state index in [-0.39, 0.29) is 17.9 Å². The average molecular weight is 267 g/mol. The van der Waals surface area contributed by atoms with Gasteiger partial charge in [-0.15, -0.1) is 0 Å². The lowest BCUT2D eigenvalue weighted by Gasteiger charge is -2.33. The van der Waals surface area contributed by atoms with Crippen molar-refractivity contribution >= 4 is 11.8 Å². The maximum absolute atomic E-state index is 12.0. The Morgan fingerprint density at radius 2 is 1.89 bits per heavy atom. The summed E-state index contributed by atoms with van der Waals surface area (Å²) in [7, 11) is 0. The Bertz CT molecular complexity index is 338. The van der Waals surface area contributed by atoms with Gasteiger partial charge in [-0.2, -0.15) is 0 Å². The van der Waals surface area contributed by atoms with Crippen LogP contribution in [0.15, 0.2) is 0 Å². The molecular weight excluding hydrogens is 242 g/mol. The minimum Gasteiger partial charge on any atom is -0.303 e. The molecule has 0 radical (unpaired) electrons. The molecule has 5 nitrogen and oxygen atoms in total. The van der Waals surface area contributed by atoms with Crippen LogP contribution in [0, 0.1) is 0 Å². The van der Waals surface area contributed by atoms with Crippen LogP contribution in [-0.4, -0.2) is 59.9 Å². The van der Waals surface area contributed by atoms with E-state index in [0.717, 1.165) is 32.5 Å². The Morgan fingerprint density at radius 3 is 2.42 bits per heavy atom. The summed E-state index contributed by atoms with van der Waals surface area (Å²) < 4.78 is 0. The zero-order valence-electron chi connectivity index (χ0n) is 12.0. The maximum atomic E-state index is 12.0. The molecule has 2 fully saturated rings. The van der Waals surface area contributed by atoms with E-state index in [4.69, 9.17) is 0 Å². The fourth-order valence-electron chi connectivity index (χ4n) is 3.07. The lowest BCUT2D eigenvalue weighted by molar-refractivity contribution is -0.138. The molecule has 2 rings (SSSR count). The summed E-state index contributed by atoms with van der Waals surface area (Å²) in [4.78, 5) is 27.5. The van der Waals surface area contributed by atoms with Crippen LogP contribution in [0.1, 0.15) is 39.5 Å². The molecule has 0 saturated carbocycles. The van der Waals surface area contributed by atoms with Crippen molar-refractivity contribution in [2.75, 3.05) is 26.2 Å². The minimum absolute atomic E-state index is 0.0339. The van der Waals surface area contributed by atoms with Crippen molar-refractivity contribution in [2.24, 2.45) is 0 Å². The van der Waals surface area contributed by atoms with Crippen molar-refractivity contribution < 1.29 is 9.59 Å². The highest BCUT2D eigenvalue weighted by molar-refractivity contribution is 6.05. The van der Waals surface area contributed by atoms with E-state index in [0.29, 0.717) is 19.0 Å². The zero-order chi connectivity index (χ0) is 13.8. The molecule has 1 N–H and O–H groups in total. The van der Waals surface area contributed by atoms with Gasteiger partial charge in [0.25, 0.3) is 0 Å². The molecule has 0 spiro atoms. The third-order valence-corrected chi connectivity index (χ3v) is 4.12. The van der Waals surface area contributed by atoms with Gasteiger partial charge in [-0.3, -0.25) is 14.5 Å². The highest BCUT2D eigenvalue weighted by Gasteiger charge is 2.38. The highest BCUT2D eigenvalue weighted by atomic mass is 16.2. The predicted molar refractivity (Wildman–Crippen MR) is 73.7 cm³/mol. The maximum Gasteiger partial charge on any atom is 0.246 e. The summed E-state index contributed by atoms with van der Waals surface area (Å²) in [6.45, 7) is 7.89. The number of imide groups is 1. The second-order valence-electron chi connectivity index (χ2n) is 5.52. The topological polar surface area (TPSA) is 52.7 Å². The van der Waals surface area contributed by atoms with Gasteiger partial charge in [-0.05, 0) is 45.8 Å². The first-order valence-electron chi connectivity index (χ1n) is 7.48. The summed E-state index contributed by atoms with van der Waals surface area (Å²) in [5, 5.41) is 3.39. The number of carbonyl (C=O) groups is 2. The summed E-state index contributed by atoms with van der Waals surface area (Å²) in [6.07, 6.45) is 3.68. The first-order chi connectivity index (χ1) is 9.15. The standard InChI is InChI=1S/C14H25N3O2/c1-3-7-16-8-5-11(6-9-16)15-12-10-13(18)17(4-2)14(12)19/h11-12,15H,3-10H2,1-2H3. The van der Waals surface area contributed by atoms with Gasteiger partial charge in [0.15, 0.2) is 0 Å². The van der Waals surface area contributed by atoms with Crippen LogP contribution in [0.5, 0.6) is 0 Å². The van der Waals surface area contributed by atoms with Crippen LogP contribution in [0.2, 0.25) is 0 Å². The second kappa shape index (κ2) is 6.48. The van der Waals surface area contributed by atoms with Gasteiger partial charge in [-0.1, -0.05) is 6.92 Å². The number of likely N-dealkylation sites (N-methyl/N-ethyl adjacent to an activating group) is 1. The average Bonchev–Trinajstić information content (AvgIpc) is 2.67. The molecule has 0 aliphatic carbocycles. The molecule has 5 heteroatoms. The molecule has 1 atom stereocenters. The first kappa shape index (κ1) is 14.5. The number of carbonyl (C=O) groups excluding carboxylic acids is 2. The normalized spacial score (nSPS) is 26.4. The van der Waals surface area contributed by atoms with E-state index >= 15 is 0 Å². The lowest BCUT2D eigenvalue weighted by atomic mass is 10.0. The lowest BCUT2D eigenvalue weighted by Crippen LogP contribution is -2.48. The summed E-state index contributed by atoms with van der Waals surface area (Å²) in [6, 6.07) is 0.0989. The SMILES string of the molecule is CCCN1CCC(NC2CC(=O)N(CC)C2=O)CC1. The molecule has 2 heterocycles. The van der Waals surface area contributed by atoms with Crippen molar-refractivity contribution in [1.82, 2.24) is 15.1 Å². The van der Waals surface area contributed by atoms with E-state index in [9.17, 15) is 9.59 Å². The van der Waals surface area contributed by atoms with Gasteiger partial charge < -0.3 is 10.2 Å². The first-order valence-corrected chi connectivity index (χ1v) is 7.48.